The van der Waals surface area contributed by atoms with Gasteiger partial charge in [0.05, 0.1) is 5.56 Å². The average molecular weight is 379 g/mol. The Kier molecular flexibility index (Phi) is 5.82. The lowest BCUT2D eigenvalue weighted by atomic mass is 9.89. The lowest BCUT2D eigenvalue weighted by molar-refractivity contribution is 0.0927. The third-order valence-electron chi connectivity index (χ3n) is 2.69. The molecule has 0 saturated carbocycles. The van der Waals surface area contributed by atoms with Crippen LogP contribution in [0.1, 0.15) is 30.6 Å². The Morgan fingerprint density at radius 1 is 1.39 bits per heavy atom. The van der Waals surface area contributed by atoms with Gasteiger partial charge in [0.25, 0.3) is 5.91 Å². The van der Waals surface area contributed by atoms with Crippen molar-refractivity contribution >= 4 is 37.8 Å². The Morgan fingerprint density at radius 2 is 2.06 bits per heavy atom. The summed E-state index contributed by atoms with van der Waals surface area (Å²) in [5.74, 6) is -0.116. The molecule has 0 atom stereocenters. The molecule has 0 spiro atoms. The van der Waals surface area contributed by atoms with Gasteiger partial charge in [0.1, 0.15) is 0 Å². The van der Waals surface area contributed by atoms with Gasteiger partial charge in [0, 0.05) is 22.1 Å². The van der Waals surface area contributed by atoms with Crippen LogP contribution in [0.15, 0.2) is 27.1 Å². The van der Waals surface area contributed by atoms with E-state index in [4.69, 9.17) is 5.11 Å². The summed E-state index contributed by atoms with van der Waals surface area (Å²) < 4.78 is 1.63. The molecule has 1 aromatic carbocycles. The van der Waals surface area contributed by atoms with Crippen LogP contribution in [0.4, 0.5) is 0 Å². The van der Waals surface area contributed by atoms with Crippen LogP contribution in [0.3, 0.4) is 0 Å². The summed E-state index contributed by atoms with van der Waals surface area (Å²) in [6.45, 7) is 4.69. The first-order valence-corrected chi connectivity index (χ1v) is 7.28. The van der Waals surface area contributed by atoms with Crippen LogP contribution in [0.2, 0.25) is 0 Å². The van der Waals surface area contributed by atoms with E-state index in [2.05, 4.69) is 37.2 Å². The monoisotopic (exact) mass is 377 g/mol. The molecule has 18 heavy (non-hydrogen) atoms. The molecule has 1 amide bonds. The quantitative estimate of drug-likeness (QED) is 0.825. The van der Waals surface area contributed by atoms with Crippen molar-refractivity contribution in [3.05, 3.63) is 32.7 Å². The summed E-state index contributed by atoms with van der Waals surface area (Å²) in [5, 5.41) is 11.8. The highest BCUT2D eigenvalue weighted by atomic mass is 79.9. The number of nitrogens with one attached hydrogen (secondary N) is 1. The molecule has 0 aliphatic heterocycles. The van der Waals surface area contributed by atoms with Crippen molar-refractivity contribution in [1.82, 2.24) is 5.32 Å². The Morgan fingerprint density at radius 3 is 2.67 bits per heavy atom. The van der Waals surface area contributed by atoms with E-state index in [1.165, 1.54) is 0 Å². The van der Waals surface area contributed by atoms with Gasteiger partial charge in [-0.3, -0.25) is 4.79 Å². The van der Waals surface area contributed by atoms with E-state index < -0.39 is 0 Å². The molecule has 0 fully saturated rings. The molecule has 0 heterocycles. The molecule has 0 bridgehead atoms. The van der Waals surface area contributed by atoms with Crippen LogP contribution in [0.5, 0.6) is 0 Å². The minimum absolute atomic E-state index is 0.108. The van der Waals surface area contributed by atoms with E-state index in [-0.39, 0.29) is 17.9 Å². The summed E-state index contributed by atoms with van der Waals surface area (Å²) in [4.78, 5) is 12.0. The lowest BCUT2D eigenvalue weighted by Crippen LogP contribution is -2.34. The molecule has 3 nitrogen and oxygen atoms in total. The fourth-order valence-electron chi connectivity index (χ4n) is 1.48. The number of hydrogen-bond donors (Lipinski definition) is 2. The molecule has 0 aromatic heterocycles. The molecular weight excluding hydrogens is 362 g/mol. The molecule has 0 aliphatic rings. The Labute approximate surface area is 124 Å². The van der Waals surface area contributed by atoms with Gasteiger partial charge < -0.3 is 10.4 Å². The largest absolute Gasteiger partial charge is 0.396 e. The van der Waals surface area contributed by atoms with Gasteiger partial charge in [0.15, 0.2) is 0 Å². The maximum atomic E-state index is 12.0. The van der Waals surface area contributed by atoms with Crippen LogP contribution >= 0.6 is 31.9 Å². The fraction of sp³-hybridized carbons (Fsp3) is 0.462. The number of benzene rings is 1. The van der Waals surface area contributed by atoms with Crippen molar-refractivity contribution in [2.75, 3.05) is 13.2 Å². The average Bonchev–Trinajstić information content (AvgIpc) is 2.29. The van der Waals surface area contributed by atoms with Crippen LogP contribution in [-0.2, 0) is 0 Å². The van der Waals surface area contributed by atoms with E-state index in [9.17, 15) is 4.79 Å². The summed E-state index contributed by atoms with van der Waals surface area (Å²) in [5.41, 5.74) is 0.493. The van der Waals surface area contributed by atoms with Gasteiger partial charge in [0.2, 0.25) is 0 Å². The van der Waals surface area contributed by atoms with Gasteiger partial charge in [-0.1, -0.05) is 29.8 Å². The van der Waals surface area contributed by atoms with Crippen LogP contribution in [0.25, 0.3) is 0 Å². The molecule has 5 heteroatoms. The van der Waals surface area contributed by atoms with E-state index >= 15 is 0 Å². The molecule has 0 radical (unpaired) electrons. The second-order valence-electron chi connectivity index (χ2n) is 4.94. The van der Waals surface area contributed by atoms with E-state index in [0.717, 1.165) is 8.95 Å². The maximum absolute atomic E-state index is 12.0. The predicted octanol–water partition coefficient (Wildman–Crippen LogP) is 3.35. The standard InChI is InChI=1S/C13H17Br2NO2/c1-13(2,5-6-17)8-16-12(18)10-7-9(14)3-4-11(10)15/h3-4,7,17H,5-6,8H2,1-2H3,(H,16,18). The van der Waals surface area contributed by atoms with Crippen LogP contribution < -0.4 is 5.32 Å². The number of hydrogen-bond acceptors (Lipinski definition) is 2. The number of amides is 1. The predicted molar refractivity (Wildman–Crippen MR) is 79.7 cm³/mol. The SMILES string of the molecule is CC(C)(CCO)CNC(=O)c1cc(Br)ccc1Br. The molecule has 0 unspecified atom stereocenters. The Balaban J connectivity index is 2.69. The minimum atomic E-state index is -0.116. The molecular formula is C13H17Br2NO2. The second-order valence-corrected chi connectivity index (χ2v) is 6.71. The third-order valence-corrected chi connectivity index (χ3v) is 3.87. The molecule has 2 N–H and O–H groups in total. The van der Waals surface area contributed by atoms with Crippen molar-refractivity contribution in [2.45, 2.75) is 20.3 Å². The fourth-order valence-corrected chi connectivity index (χ4v) is 2.27. The first-order chi connectivity index (χ1) is 8.35. The number of aliphatic hydroxyl groups excluding tert-OH is 1. The second kappa shape index (κ2) is 6.68. The molecule has 0 saturated heterocycles. The van der Waals surface area contributed by atoms with Crippen molar-refractivity contribution in [3.8, 4) is 0 Å². The van der Waals surface area contributed by atoms with Gasteiger partial charge >= 0.3 is 0 Å². The number of aliphatic hydroxyl groups is 1. The number of carbonyl (C=O) groups excluding carboxylic acids is 1. The third kappa shape index (κ3) is 4.71. The van der Waals surface area contributed by atoms with Gasteiger partial charge in [-0.25, -0.2) is 0 Å². The van der Waals surface area contributed by atoms with Crippen molar-refractivity contribution in [2.24, 2.45) is 5.41 Å². The first-order valence-electron chi connectivity index (χ1n) is 5.70. The van der Waals surface area contributed by atoms with Gasteiger partial charge in [-0.05, 0) is 46.0 Å². The van der Waals surface area contributed by atoms with E-state index in [0.29, 0.717) is 18.5 Å². The minimum Gasteiger partial charge on any atom is -0.396 e. The molecule has 0 aliphatic carbocycles. The highest BCUT2D eigenvalue weighted by molar-refractivity contribution is 9.11. The highest BCUT2D eigenvalue weighted by Gasteiger charge is 2.19. The topological polar surface area (TPSA) is 49.3 Å². The highest BCUT2D eigenvalue weighted by Crippen LogP contribution is 2.22. The summed E-state index contributed by atoms with van der Waals surface area (Å²) >= 11 is 6.71. The summed E-state index contributed by atoms with van der Waals surface area (Å²) in [7, 11) is 0. The van der Waals surface area contributed by atoms with Crippen molar-refractivity contribution in [1.29, 1.82) is 0 Å². The van der Waals surface area contributed by atoms with E-state index in [1.54, 1.807) is 6.07 Å². The zero-order chi connectivity index (χ0) is 13.8. The summed E-state index contributed by atoms with van der Waals surface area (Å²) in [6, 6.07) is 5.48. The number of halogens is 2. The zero-order valence-corrected chi connectivity index (χ0v) is 13.6. The number of carbonyl (C=O) groups is 1. The first kappa shape index (κ1) is 15.7. The summed E-state index contributed by atoms with van der Waals surface area (Å²) in [6.07, 6.45) is 0.660. The maximum Gasteiger partial charge on any atom is 0.252 e. The molecule has 1 rings (SSSR count). The van der Waals surface area contributed by atoms with Gasteiger partial charge in [-0.15, -0.1) is 0 Å². The normalized spacial score (nSPS) is 11.4. The van der Waals surface area contributed by atoms with Crippen molar-refractivity contribution in [3.63, 3.8) is 0 Å². The Hall–Kier alpha value is -0.390. The molecule has 100 valence electrons. The van der Waals surface area contributed by atoms with Gasteiger partial charge in [-0.2, -0.15) is 0 Å². The smallest absolute Gasteiger partial charge is 0.252 e. The van der Waals surface area contributed by atoms with Crippen LogP contribution in [-0.4, -0.2) is 24.2 Å². The van der Waals surface area contributed by atoms with Crippen LogP contribution in [0, 0.1) is 5.41 Å². The lowest BCUT2D eigenvalue weighted by Gasteiger charge is -2.24. The zero-order valence-electron chi connectivity index (χ0n) is 10.5. The molecule has 1 aromatic rings. The van der Waals surface area contributed by atoms with Crippen molar-refractivity contribution < 1.29 is 9.90 Å². The van der Waals surface area contributed by atoms with E-state index in [1.807, 2.05) is 26.0 Å². The Bertz CT molecular complexity index is 433. The number of rotatable bonds is 5.